The second kappa shape index (κ2) is 4.30. The van der Waals surface area contributed by atoms with E-state index in [2.05, 4.69) is 26.1 Å². The van der Waals surface area contributed by atoms with Crippen LogP contribution >= 0.6 is 15.9 Å². The molecule has 4 N–H and O–H groups in total. The molecule has 0 spiro atoms. The quantitative estimate of drug-likeness (QED) is 0.794. The summed E-state index contributed by atoms with van der Waals surface area (Å²) in [5.41, 5.74) is 7.13. The number of benzene rings is 1. The van der Waals surface area contributed by atoms with Gasteiger partial charge < -0.3 is 10.8 Å². The van der Waals surface area contributed by atoms with E-state index in [4.69, 9.17) is 5.73 Å². The lowest BCUT2D eigenvalue weighted by Gasteiger charge is -2.10. The molecular formula is C10H12BrN3O. The van der Waals surface area contributed by atoms with Gasteiger partial charge in [-0.25, -0.2) is 0 Å². The molecule has 0 aliphatic carbocycles. The van der Waals surface area contributed by atoms with Crippen molar-refractivity contribution in [1.29, 1.82) is 0 Å². The largest absolute Gasteiger partial charge is 0.388 e. The van der Waals surface area contributed by atoms with Crippen LogP contribution in [0.2, 0.25) is 0 Å². The zero-order valence-electron chi connectivity index (χ0n) is 8.07. The number of nitrogens with one attached hydrogen (secondary N) is 1. The maximum absolute atomic E-state index is 9.92. The molecule has 80 valence electrons. The number of H-pyrrole nitrogens is 1. The zero-order chi connectivity index (χ0) is 10.8. The number of aromatic amines is 1. The Hall–Kier alpha value is -0.910. The van der Waals surface area contributed by atoms with Crippen LogP contribution < -0.4 is 5.73 Å². The van der Waals surface area contributed by atoms with Crippen LogP contribution in [0.15, 0.2) is 22.8 Å². The first-order valence-corrected chi connectivity index (χ1v) is 5.54. The Morgan fingerprint density at radius 1 is 1.53 bits per heavy atom. The molecule has 5 heteroatoms. The van der Waals surface area contributed by atoms with E-state index in [1.165, 1.54) is 0 Å². The molecule has 0 aliphatic heterocycles. The maximum Gasteiger partial charge on any atom is 0.109 e. The number of aliphatic hydroxyl groups is 1. The minimum absolute atomic E-state index is 0.465. The summed E-state index contributed by atoms with van der Waals surface area (Å²) >= 11 is 3.38. The van der Waals surface area contributed by atoms with Crippen LogP contribution in [0.5, 0.6) is 0 Å². The summed E-state index contributed by atoms with van der Waals surface area (Å²) in [6.07, 6.45) is 0.0177. The van der Waals surface area contributed by atoms with Gasteiger partial charge in [-0.15, -0.1) is 0 Å². The molecule has 0 radical (unpaired) electrons. The molecule has 0 saturated heterocycles. The molecule has 2 rings (SSSR count). The van der Waals surface area contributed by atoms with E-state index in [1.807, 2.05) is 18.2 Å². The van der Waals surface area contributed by atoms with Crippen molar-refractivity contribution in [1.82, 2.24) is 10.2 Å². The highest BCUT2D eigenvalue weighted by Gasteiger charge is 2.14. The fraction of sp³-hybridized carbons (Fsp3) is 0.300. The molecule has 1 aromatic heterocycles. The number of rotatable bonds is 3. The van der Waals surface area contributed by atoms with E-state index >= 15 is 0 Å². The predicted octanol–water partition coefficient (Wildman–Crippen LogP) is 1.71. The third-order valence-corrected chi connectivity index (χ3v) is 2.94. The van der Waals surface area contributed by atoms with Gasteiger partial charge in [-0.05, 0) is 40.5 Å². The standard InChI is InChI=1S/C10H12BrN3O/c11-10-9-6(8(15)4-5-12)2-1-3-7(9)13-14-10/h1-3,8,15H,4-5,12H2,(H,13,14). The highest BCUT2D eigenvalue weighted by atomic mass is 79.9. The molecule has 0 amide bonds. The van der Waals surface area contributed by atoms with Gasteiger partial charge in [0, 0.05) is 5.39 Å². The zero-order valence-corrected chi connectivity index (χ0v) is 9.66. The van der Waals surface area contributed by atoms with Crippen molar-refractivity contribution in [3.05, 3.63) is 28.4 Å². The number of aliphatic hydroxyl groups excluding tert-OH is 1. The Labute approximate surface area is 95.6 Å². The first kappa shape index (κ1) is 10.6. The summed E-state index contributed by atoms with van der Waals surface area (Å²) in [4.78, 5) is 0. The maximum atomic E-state index is 9.92. The van der Waals surface area contributed by atoms with Gasteiger partial charge in [0.25, 0.3) is 0 Å². The lowest BCUT2D eigenvalue weighted by molar-refractivity contribution is 0.172. The molecular weight excluding hydrogens is 258 g/mol. The second-order valence-corrected chi connectivity index (χ2v) is 4.17. The van der Waals surface area contributed by atoms with Crippen molar-refractivity contribution in [2.75, 3.05) is 6.54 Å². The predicted molar refractivity (Wildman–Crippen MR) is 62.4 cm³/mol. The van der Waals surface area contributed by atoms with Gasteiger partial charge in [0.1, 0.15) is 4.60 Å². The normalized spacial score (nSPS) is 13.3. The molecule has 0 fully saturated rings. The lowest BCUT2D eigenvalue weighted by atomic mass is 10.0. The minimum Gasteiger partial charge on any atom is -0.388 e. The Morgan fingerprint density at radius 2 is 2.33 bits per heavy atom. The number of aromatic nitrogens is 2. The number of halogens is 1. The van der Waals surface area contributed by atoms with E-state index in [0.717, 1.165) is 21.1 Å². The average Bonchev–Trinajstić information content (AvgIpc) is 2.61. The molecule has 1 aromatic carbocycles. The summed E-state index contributed by atoms with van der Waals surface area (Å²) in [5, 5.41) is 17.8. The van der Waals surface area contributed by atoms with Crippen molar-refractivity contribution in [2.45, 2.75) is 12.5 Å². The number of hydrogen-bond acceptors (Lipinski definition) is 3. The van der Waals surface area contributed by atoms with Crippen LogP contribution in [-0.4, -0.2) is 21.8 Å². The first-order chi connectivity index (χ1) is 7.24. The van der Waals surface area contributed by atoms with Gasteiger partial charge >= 0.3 is 0 Å². The van der Waals surface area contributed by atoms with Gasteiger partial charge in [-0.1, -0.05) is 12.1 Å². The van der Waals surface area contributed by atoms with Gasteiger partial charge in [-0.3, -0.25) is 5.10 Å². The molecule has 1 heterocycles. The van der Waals surface area contributed by atoms with Crippen molar-refractivity contribution in [3.8, 4) is 0 Å². The number of nitrogens with zero attached hydrogens (tertiary/aromatic N) is 1. The van der Waals surface area contributed by atoms with E-state index in [1.54, 1.807) is 0 Å². The van der Waals surface area contributed by atoms with Crippen LogP contribution in [0.4, 0.5) is 0 Å². The summed E-state index contributed by atoms with van der Waals surface area (Å²) in [6.45, 7) is 0.465. The molecule has 1 atom stereocenters. The third kappa shape index (κ3) is 1.90. The fourth-order valence-corrected chi connectivity index (χ4v) is 2.17. The first-order valence-electron chi connectivity index (χ1n) is 4.74. The van der Waals surface area contributed by atoms with E-state index < -0.39 is 6.10 Å². The highest BCUT2D eigenvalue weighted by Crippen LogP contribution is 2.29. The smallest absolute Gasteiger partial charge is 0.109 e. The van der Waals surface area contributed by atoms with E-state index in [9.17, 15) is 5.11 Å². The van der Waals surface area contributed by atoms with Crippen LogP contribution in [0.3, 0.4) is 0 Å². The van der Waals surface area contributed by atoms with Gasteiger partial charge in [-0.2, -0.15) is 5.10 Å². The van der Waals surface area contributed by atoms with Crippen LogP contribution in [-0.2, 0) is 0 Å². The fourth-order valence-electron chi connectivity index (χ4n) is 1.65. The molecule has 15 heavy (non-hydrogen) atoms. The Balaban J connectivity index is 2.54. The van der Waals surface area contributed by atoms with Gasteiger partial charge in [0.2, 0.25) is 0 Å². The average molecular weight is 270 g/mol. The van der Waals surface area contributed by atoms with Crippen molar-refractivity contribution in [3.63, 3.8) is 0 Å². The van der Waals surface area contributed by atoms with Crippen molar-refractivity contribution >= 4 is 26.8 Å². The molecule has 1 unspecified atom stereocenters. The molecule has 2 aromatic rings. The van der Waals surface area contributed by atoms with Gasteiger partial charge in [0.05, 0.1) is 11.6 Å². The van der Waals surface area contributed by atoms with Gasteiger partial charge in [0.15, 0.2) is 0 Å². The van der Waals surface area contributed by atoms with E-state index in [0.29, 0.717) is 13.0 Å². The second-order valence-electron chi connectivity index (χ2n) is 3.37. The molecule has 4 nitrogen and oxygen atoms in total. The Bertz CT molecular complexity index is 469. The summed E-state index contributed by atoms with van der Waals surface area (Å²) in [5.74, 6) is 0. The monoisotopic (exact) mass is 269 g/mol. The number of fused-ring (bicyclic) bond motifs is 1. The summed E-state index contributed by atoms with van der Waals surface area (Å²) < 4.78 is 0.796. The van der Waals surface area contributed by atoms with Crippen molar-refractivity contribution < 1.29 is 5.11 Å². The van der Waals surface area contributed by atoms with Crippen LogP contribution in [0.25, 0.3) is 10.9 Å². The third-order valence-electron chi connectivity index (χ3n) is 2.37. The molecule has 0 saturated carbocycles. The lowest BCUT2D eigenvalue weighted by Crippen LogP contribution is -2.06. The van der Waals surface area contributed by atoms with Crippen LogP contribution in [0.1, 0.15) is 18.1 Å². The van der Waals surface area contributed by atoms with Crippen LogP contribution in [0, 0.1) is 0 Å². The minimum atomic E-state index is -0.535. The Kier molecular flexibility index (Phi) is 3.04. The Morgan fingerprint density at radius 3 is 3.07 bits per heavy atom. The number of hydrogen-bond donors (Lipinski definition) is 3. The summed E-state index contributed by atoms with van der Waals surface area (Å²) in [7, 11) is 0. The molecule has 0 bridgehead atoms. The summed E-state index contributed by atoms with van der Waals surface area (Å²) in [6, 6.07) is 5.67. The SMILES string of the molecule is NCCC(O)c1cccc2n[nH]c(Br)c12. The number of nitrogens with two attached hydrogens (primary N) is 1. The van der Waals surface area contributed by atoms with Crippen molar-refractivity contribution in [2.24, 2.45) is 5.73 Å². The molecule has 0 aliphatic rings. The topological polar surface area (TPSA) is 74.9 Å². The highest BCUT2D eigenvalue weighted by molar-refractivity contribution is 9.10. The van der Waals surface area contributed by atoms with E-state index in [-0.39, 0.29) is 0 Å².